The number of carbonyl (C=O) groups is 1. The number of hydrogen-bond donors (Lipinski definition) is 1. The molecule has 0 spiro atoms. The monoisotopic (exact) mass is 281 g/mol. The lowest BCUT2D eigenvalue weighted by Gasteiger charge is -2.09. The van der Waals surface area contributed by atoms with Gasteiger partial charge in [0.25, 0.3) is 0 Å². The highest BCUT2D eigenvalue weighted by molar-refractivity contribution is 5.96. The number of carbonyl (C=O) groups excluding carboxylic acids is 1. The molecule has 0 aliphatic carbocycles. The molecule has 0 fully saturated rings. The normalized spacial score (nSPS) is 10.8. The molecular weight excluding hydrogens is 269 g/mol. The Hall–Kier alpha value is -2.82. The van der Waals surface area contributed by atoms with Gasteiger partial charge >= 0.3 is 0 Å². The van der Waals surface area contributed by atoms with Crippen LogP contribution in [0.3, 0.4) is 0 Å². The van der Waals surface area contributed by atoms with E-state index >= 15 is 0 Å². The number of pyridine rings is 2. The van der Waals surface area contributed by atoms with Gasteiger partial charge in [0.15, 0.2) is 0 Å². The minimum absolute atomic E-state index is 0.259. The van der Waals surface area contributed by atoms with Crippen LogP contribution in [0.15, 0.2) is 42.6 Å². The second kappa shape index (κ2) is 4.94. The van der Waals surface area contributed by atoms with Crippen LogP contribution >= 0.6 is 0 Å². The lowest BCUT2D eigenvalue weighted by Crippen LogP contribution is -2.13. The number of rotatable bonds is 2. The van der Waals surface area contributed by atoms with Gasteiger partial charge in [0, 0.05) is 17.1 Å². The molecule has 104 valence electrons. The molecular formula is C16H12FN3O. The van der Waals surface area contributed by atoms with Gasteiger partial charge in [0.2, 0.25) is 11.9 Å². The third-order valence-electron chi connectivity index (χ3n) is 3.40. The van der Waals surface area contributed by atoms with Gasteiger partial charge in [-0.3, -0.25) is 9.78 Å². The van der Waals surface area contributed by atoms with E-state index in [1.165, 1.54) is 12.3 Å². The molecule has 0 aliphatic rings. The van der Waals surface area contributed by atoms with Gasteiger partial charge in [-0.05, 0) is 30.7 Å². The fourth-order valence-electron chi connectivity index (χ4n) is 2.33. The first-order chi connectivity index (χ1) is 10.1. The van der Waals surface area contributed by atoms with Gasteiger partial charge in [-0.2, -0.15) is 4.39 Å². The topological polar surface area (TPSA) is 68.9 Å². The summed E-state index contributed by atoms with van der Waals surface area (Å²) >= 11 is 0. The summed E-state index contributed by atoms with van der Waals surface area (Å²) in [5, 5.41) is 0.805. The van der Waals surface area contributed by atoms with Gasteiger partial charge in [-0.15, -0.1) is 0 Å². The molecule has 5 heteroatoms. The van der Waals surface area contributed by atoms with Crippen molar-refractivity contribution in [3.05, 3.63) is 59.7 Å². The van der Waals surface area contributed by atoms with Crippen molar-refractivity contribution in [2.75, 3.05) is 0 Å². The molecule has 21 heavy (non-hydrogen) atoms. The maximum Gasteiger partial charge on any atom is 0.249 e. The molecule has 2 heterocycles. The molecule has 1 aromatic carbocycles. The fourth-order valence-corrected chi connectivity index (χ4v) is 2.33. The maximum atomic E-state index is 14.3. The molecule has 2 N–H and O–H groups in total. The summed E-state index contributed by atoms with van der Waals surface area (Å²) < 4.78 is 14.3. The molecule has 3 aromatic rings. The molecule has 0 saturated heterocycles. The van der Waals surface area contributed by atoms with Crippen molar-refractivity contribution in [2.45, 2.75) is 6.92 Å². The Morgan fingerprint density at radius 3 is 2.76 bits per heavy atom. The Labute approximate surface area is 120 Å². The number of nitrogens with two attached hydrogens (primary N) is 1. The van der Waals surface area contributed by atoms with Crippen LogP contribution in [0, 0.1) is 12.9 Å². The SMILES string of the molecule is Cc1c(C(N)=O)ccnc1-c1cc2ccccc2nc1F. The number of halogens is 1. The van der Waals surface area contributed by atoms with E-state index in [0.717, 1.165) is 5.39 Å². The molecule has 1 amide bonds. The number of nitrogens with zero attached hydrogens (tertiary/aromatic N) is 2. The standard InChI is InChI=1S/C16H12FN3O/c1-9-11(16(18)21)6-7-19-14(9)12-8-10-4-2-3-5-13(10)20-15(12)17/h2-8H,1H3,(H2,18,21). The van der Waals surface area contributed by atoms with Crippen molar-refractivity contribution in [3.8, 4) is 11.3 Å². The van der Waals surface area contributed by atoms with Crippen LogP contribution in [0.5, 0.6) is 0 Å². The molecule has 0 unspecified atom stereocenters. The predicted octanol–water partition coefficient (Wildman–Crippen LogP) is 2.84. The number of para-hydroxylation sites is 1. The van der Waals surface area contributed by atoms with Crippen LogP contribution in [0.1, 0.15) is 15.9 Å². The third kappa shape index (κ3) is 2.23. The van der Waals surface area contributed by atoms with E-state index in [1.54, 1.807) is 25.1 Å². The Morgan fingerprint density at radius 2 is 2.00 bits per heavy atom. The molecule has 0 saturated carbocycles. The lowest BCUT2D eigenvalue weighted by molar-refractivity contribution is 0.0999. The smallest absolute Gasteiger partial charge is 0.249 e. The highest BCUT2D eigenvalue weighted by Crippen LogP contribution is 2.27. The molecule has 2 aromatic heterocycles. The van der Waals surface area contributed by atoms with E-state index < -0.39 is 11.9 Å². The second-order valence-corrected chi connectivity index (χ2v) is 4.72. The van der Waals surface area contributed by atoms with Crippen molar-refractivity contribution in [2.24, 2.45) is 5.73 Å². The van der Waals surface area contributed by atoms with Gasteiger partial charge in [-0.25, -0.2) is 4.98 Å². The summed E-state index contributed by atoms with van der Waals surface area (Å²) in [5.74, 6) is -1.18. The van der Waals surface area contributed by atoms with Crippen LogP contribution in [0.4, 0.5) is 4.39 Å². The Bertz CT molecular complexity index is 861. The van der Waals surface area contributed by atoms with E-state index in [0.29, 0.717) is 22.3 Å². The molecule has 0 radical (unpaired) electrons. The quantitative estimate of drug-likeness (QED) is 0.734. The van der Waals surface area contributed by atoms with E-state index in [2.05, 4.69) is 9.97 Å². The van der Waals surface area contributed by atoms with Gasteiger partial charge in [-0.1, -0.05) is 18.2 Å². The summed E-state index contributed by atoms with van der Waals surface area (Å²) in [5.41, 5.74) is 7.39. The maximum absolute atomic E-state index is 14.3. The minimum atomic E-state index is -0.620. The summed E-state index contributed by atoms with van der Waals surface area (Å²) in [4.78, 5) is 19.5. The van der Waals surface area contributed by atoms with E-state index in [-0.39, 0.29) is 5.56 Å². The average molecular weight is 281 g/mol. The van der Waals surface area contributed by atoms with Crippen LogP contribution in [0.25, 0.3) is 22.2 Å². The Morgan fingerprint density at radius 1 is 1.24 bits per heavy atom. The van der Waals surface area contributed by atoms with Crippen LogP contribution in [0.2, 0.25) is 0 Å². The zero-order chi connectivity index (χ0) is 15.0. The number of amides is 1. The summed E-state index contributed by atoms with van der Waals surface area (Å²) in [6.45, 7) is 1.69. The van der Waals surface area contributed by atoms with Gasteiger partial charge < -0.3 is 5.73 Å². The highest BCUT2D eigenvalue weighted by Gasteiger charge is 2.16. The number of aromatic nitrogens is 2. The first-order valence-electron chi connectivity index (χ1n) is 6.39. The minimum Gasteiger partial charge on any atom is -0.366 e. The van der Waals surface area contributed by atoms with E-state index in [1.807, 2.05) is 12.1 Å². The lowest BCUT2D eigenvalue weighted by atomic mass is 10.0. The largest absolute Gasteiger partial charge is 0.366 e. The third-order valence-corrected chi connectivity index (χ3v) is 3.40. The first kappa shape index (κ1) is 13.2. The van der Waals surface area contributed by atoms with Crippen molar-refractivity contribution >= 4 is 16.8 Å². The molecule has 3 rings (SSSR count). The zero-order valence-electron chi connectivity index (χ0n) is 11.3. The molecule has 0 atom stereocenters. The Balaban J connectivity index is 2.28. The summed E-state index contributed by atoms with van der Waals surface area (Å²) in [6, 6.07) is 10.4. The Kier molecular flexibility index (Phi) is 3.10. The number of primary amides is 1. The summed E-state index contributed by atoms with van der Waals surface area (Å²) in [7, 11) is 0. The van der Waals surface area contributed by atoms with Crippen molar-refractivity contribution < 1.29 is 9.18 Å². The van der Waals surface area contributed by atoms with Crippen molar-refractivity contribution in [3.63, 3.8) is 0 Å². The zero-order valence-corrected chi connectivity index (χ0v) is 11.3. The van der Waals surface area contributed by atoms with E-state index in [4.69, 9.17) is 5.73 Å². The molecule has 4 nitrogen and oxygen atoms in total. The van der Waals surface area contributed by atoms with Gasteiger partial charge in [0.1, 0.15) is 0 Å². The molecule has 0 bridgehead atoms. The van der Waals surface area contributed by atoms with Crippen LogP contribution in [-0.2, 0) is 0 Å². The van der Waals surface area contributed by atoms with Crippen molar-refractivity contribution in [1.29, 1.82) is 0 Å². The first-order valence-corrected chi connectivity index (χ1v) is 6.39. The highest BCUT2D eigenvalue weighted by atomic mass is 19.1. The van der Waals surface area contributed by atoms with E-state index in [9.17, 15) is 9.18 Å². The van der Waals surface area contributed by atoms with Crippen molar-refractivity contribution in [1.82, 2.24) is 9.97 Å². The number of hydrogen-bond acceptors (Lipinski definition) is 3. The number of benzene rings is 1. The van der Waals surface area contributed by atoms with Gasteiger partial charge in [0.05, 0.1) is 16.8 Å². The predicted molar refractivity (Wildman–Crippen MR) is 78.2 cm³/mol. The number of fused-ring (bicyclic) bond motifs is 1. The molecule has 0 aliphatic heterocycles. The average Bonchev–Trinajstić information content (AvgIpc) is 2.47. The second-order valence-electron chi connectivity index (χ2n) is 4.72. The summed E-state index contributed by atoms with van der Waals surface area (Å²) in [6.07, 6.45) is 1.44. The fraction of sp³-hybridized carbons (Fsp3) is 0.0625. The van der Waals surface area contributed by atoms with Crippen LogP contribution in [-0.4, -0.2) is 15.9 Å². The van der Waals surface area contributed by atoms with Crippen LogP contribution < -0.4 is 5.73 Å².